The molecule has 1 amide bonds. The number of hydrogen-bond donors (Lipinski definition) is 1. The number of carboxylic acids is 1. The van der Waals surface area contributed by atoms with Crippen LogP contribution in [0.3, 0.4) is 0 Å². The van der Waals surface area contributed by atoms with E-state index < -0.39 is 5.97 Å². The fourth-order valence-corrected chi connectivity index (χ4v) is 3.97. The van der Waals surface area contributed by atoms with Crippen LogP contribution in [0.25, 0.3) is 0 Å². The number of hydrogen-bond acceptors (Lipinski definition) is 2. The number of nitrogens with zero attached hydrogens (tertiary/aromatic N) is 1. The zero-order valence-corrected chi connectivity index (χ0v) is 12.6. The summed E-state index contributed by atoms with van der Waals surface area (Å²) >= 11 is 3.48. The molecule has 1 aromatic carbocycles. The van der Waals surface area contributed by atoms with Gasteiger partial charge in [0.15, 0.2) is 0 Å². The number of fused-ring (bicyclic) bond motifs is 2. The van der Waals surface area contributed by atoms with E-state index in [1.165, 1.54) is 4.90 Å². The molecule has 1 aliphatic heterocycles. The van der Waals surface area contributed by atoms with Crippen molar-refractivity contribution in [2.45, 2.75) is 31.1 Å². The summed E-state index contributed by atoms with van der Waals surface area (Å²) in [6, 6.07) is 5.70. The maximum atomic E-state index is 12.5. The Kier molecular flexibility index (Phi) is 3.32. The van der Waals surface area contributed by atoms with Gasteiger partial charge in [-0.2, -0.15) is 0 Å². The van der Waals surface area contributed by atoms with Crippen molar-refractivity contribution in [1.29, 1.82) is 0 Å². The number of carbonyl (C=O) groups is 2. The molecule has 0 saturated heterocycles. The number of rotatable bonds is 2. The van der Waals surface area contributed by atoms with Crippen LogP contribution in [0.2, 0.25) is 0 Å². The molecule has 0 atom stereocenters. The molecular formula is C15H16BrNO3. The normalized spacial score (nSPS) is 20.2. The molecule has 1 aliphatic carbocycles. The predicted molar refractivity (Wildman–Crippen MR) is 77.8 cm³/mol. The second-order valence-electron chi connectivity index (χ2n) is 5.73. The van der Waals surface area contributed by atoms with Crippen LogP contribution in [-0.4, -0.2) is 35.0 Å². The second kappa shape index (κ2) is 4.88. The minimum absolute atomic E-state index is 0.0531. The van der Waals surface area contributed by atoms with E-state index in [0.29, 0.717) is 12.1 Å². The summed E-state index contributed by atoms with van der Waals surface area (Å²) in [6.07, 6.45) is 4.34. The van der Waals surface area contributed by atoms with Gasteiger partial charge in [-0.05, 0) is 36.6 Å². The van der Waals surface area contributed by atoms with Crippen LogP contribution < -0.4 is 0 Å². The highest BCUT2D eigenvalue weighted by molar-refractivity contribution is 9.10. The van der Waals surface area contributed by atoms with Gasteiger partial charge in [0, 0.05) is 22.0 Å². The van der Waals surface area contributed by atoms with Gasteiger partial charge in [0.1, 0.15) is 6.54 Å². The van der Waals surface area contributed by atoms with Gasteiger partial charge in [-0.15, -0.1) is 0 Å². The number of benzene rings is 1. The van der Waals surface area contributed by atoms with E-state index in [-0.39, 0.29) is 17.9 Å². The number of aliphatic carboxylic acids is 1. The van der Waals surface area contributed by atoms with E-state index in [9.17, 15) is 9.59 Å². The molecule has 1 N–H and O–H groups in total. The third kappa shape index (κ3) is 2.14. The number of carbonyl (C=O) groups excluding carboxylic acids is 1. The molecule has 1 heterocycles. The Morgan fingerprint density at radius 3 is 2.70 bits per heavy atom. The summed E-state index contributed by atoms with van der Waals surface area (Å²) in [7, 11) is 0. The molecule has 106 valence electrons. The van der Waals surface area contributed by atoms with Crippen LogP contribution in [0.15, 0.2) is 22.7 Å². The summed E-state index contributed by atoms with van der Waals surface area (Å²) in [5, 5.41) is 9.01. The van der Waals surface area contributed by atoms with Crippen molar-refractivity contribution in [3.05, 3.63) is 33.8 Å². The lowest BCUT2D eigenvalue weighted by molar-refractivity contribution is -0.138. The Balaban J connectivity index is 2.08. The minimum Gasteiger partial charge on any atom is -0.480 e. The van der Waals surface area contributed by atoms with Crippen molar-refractivity contribution in [3.8, 4) is 0 Å². The van der Waals surface area contributed by atoms with Gasteiger partial charge in [0.25, 0.3) is 5.91 Å². The summed E-state index contributed by atoms with van der Waals surface area (Å²) in [5.74, 6) is -1.11. The molecule has 0 aromatic heterocycles. The molecule has 2 aliphatic rings. The quantitative estimate of drug-likeness (QED) is 0.902. The van der Waals surface area contributed by atoms with E-state index in [4.69, 9.17) is 5.11 Å². The first-order chi connectivity index (χ1) is 9.52. The van der Waals surface area contributed by atoms with Crippen molar-refractivity contribution in [2.24, 2.45) is 0 Å². The SMILES string of the molecule is O=C(O)CN1CC2(CCCC2)c2cc(Br)ccc2C1=O. The van der Waals surface area contributed by atoms with Crippen LogP contribution in [0, 0.1) is 0 Å². The van der Waals surface area contributed by atoms with Crippen molar-refractivity contribution in [2.75, 3.05) is 13.1 Å². The smallest absolute Gasteiger partial charge is 0.323 e. The highest BCUT2D eigenvalue weighted by Gasteiger charge is 2.45. The van der Waals surface area contributed by atoms with Gasteiger partial charge in [0.05, 0.1) is 0 Å². The van der Waals surface area contributed by atoms with Crippen LogP contribution >= 0.6 is 15.9 Å². The van der Waals surface area contributed by atoms with Crippen molar-refractivity contribution < 1.29 is 14.7 Å². The first kappa shape index (κ1) is 13.6. The topological polar surface area (TPSA) is 57.6 Å². The van der Waals surface area contributed by atoms with Gasteiger partial charge in [-0.25, -0.2) is 0 Å². The Bertz CT molecular complexity index is 578. The second-order valence-corrected chi connectivity index (χ2v) is 6.65. The zero-order chi connectivity index (χ0) is 14.3. The van der Waals surface area contributed by atoms with Gasteiger partial charge in [-0.3, -0.25) is 9.59 Å². The number of halogens is 1. The fraction of sp³-hybridized carbons (Fsp3) is 0.467. The third-order valence-corrected chi connectivity index (χ3v) is 4.94. The Morgan fingerprint density at radius 2 is 2.05 bits per heavy atom. The van der Waals surface area contributed by atoms with Gasteiger partial charge in [0.2, 0.25) is 0 Å². The maximum Gasteiger partial charge on any atom is 0.323 e. The molecule has 0 radical (unpaired) electrons. The Hall–Kier alpha value is -1.36. The molecule has 1 spiro atoms. The number of carboxylic acid groups (broad SMARTS) is 1. The Labute approximate surface area is 125 Å². The first-order valence-electron chi connectivity index (χ1n) is 6.83. The largest absolute Gasteiger partial charge is 0.480 e. The van der Waals surface area contributed by atoms with Crippen molar-refractivity contribution >= 4 is 27.8 Å². The molecule has 20 heavy (non-hydrogen) atoms. The van der Waals surface area contributed by atoms with Gasteiger partial charge in [-0.1, -0.05) is 28.8 Å². The molecule has 1 fully saturated rings. The summed E-state index contributed by atoms with van der Waals surface area (Å²) in [6.45, 7) is 0.317. The van der Waals surface area contributed by atoms with Crippen molar-refractivity contribution in [3.63, 3.8) is 0 Å². The Morgan fingerprint density at radius 1 is 1.35 bits per heavy atom. The van der Waals surface area contributed by atoms with Crippen LogP contribution in [0.5, 0.6) is 0 Å². The van der Waals surface area contributed by atoms with E-state index in [2.05, 4.69) is 15.9 Å². The standard InChI is InChI=1S/C15H16BrNO3/c16-10-3-4-11-12(7-10)15(5-1-2-6-15)9-17(14(11)20)8-13(18)19/h3-4,7H,1-2,5-6,8-9H2,(H,18,19). The van der Waals surface area contributed by atoms with Crippen molar-refractivity contribution in [1.82, 2.24) is 4.90 Å². The minimum atomic E-state index is -0.952. The molecule has 0 bridgehead atoms. The van der Waals surface area contributed by atoms with Crippen LogP contribution in [-0.2, 0) is 10.2 Å². The third-order valence-electron chi connectivity index (χ3n) is 4.45. The molecule has 5 heteroatoms. The van der Waals surface area contributed by atoms with Gasteiger partial charge < -0.3 is 10.0 Å². The molecule has 1 aromatic rings. The van der Waals surface area contributed by atoms with E-state index in [1.807, 2.05) is 18.2 Å². The highest BCUT2D eigenvalue weighted by atomic mass is 79.9. The zero-order valence-electron chi connectivity index (χ0n) is 11.1. The summed E-state index contributed by atoms with van der Waals surface area (Å²) in [5.41, 5.74) is 1.71. The molecule has 3 rings (SSSR count). The first-order valence-corrected chi connectivity index (χ1v) is 7.62. The van der Waals surface area contributed by atoms with E-state index >= 15 is 0 Å². The summed E-state index contributed by atoms with van der Waals surface area (Å²) < 4.78 is 0.974. The molecule has 4 nitrogen and oxygen atoms in total. The lowest BCUT2D eigenvalue weighted by Crippen LogP contribution is -2.50. The lowest BCUT2D eigenvalue weighted by atomic mass is 9.73. The maximum absolute atomic E-state index is 12.5. The lowest BCUT2D eigenvalue weighted by Gasteiger charge is -2.41. The van der Waals surface area contributed by atoms with E-state index in [1.54, 1.807) is 0 Å². The van der Waals surface area contributed by atoms with Gasteiger partial charge >= 0.3 is 5.97 Å². The average molecular weight is 338 g/mol. The average Bonchev–Trinajstić information content (AvgIpc) is 2.85. The van der Waals surface area contributed by atoms with Crippen LogP contribution in [0.4, 0.5) is 0 Å². The molecule has 0 unspecified atom stereocenters. The fourth-order valence-electron chi connectivity index (χ4n) is 3.60. The highest BCUT2D eigenvalue weighted by Crippen LogP contribution is 2.46. The molecule has 1 saturated carbocycles. The summed E-state index contributed by atoms with van der Waals surface area (Å²) in [4.78, 5) is 24.9. The molecular weight excluding hydrogens is 322 g/mol. The monoisotopic (exact) mass is 337 g/mol. The number of amides is 1. The predicted octanol–water partition coefficient (Wildman–Crippen LogP) is 2.80. The van der Waals surface area contributed by atoms with Crippen LogP contribution in [0.1, 0.15) is 41.6 Å². The van der Waals surface area contributed by atoms with E-state index in [0.717, 1.165) is 35.7 Å².